The summed E-state index contributed by atoms with van der Waals surface area (Å²) in [6.45, 7) is 0. The third kappa shape index (κ3) is 1.74. The van der Waals surface area contributed by atoms with Gasteiger partial charge in [-0.2, -0.15) is 0 Å². The molecule has 0 unspecified atom stereocenters. The molecule has 1 aromatic heterocycles. The lowest BCUT2D eigenvalue weighted by atomic mass is 10.3. The molecule has 2 rings (SSSR count). The van der Waals surface area contributed by atoms with Gasteiger partial charge in [0.05, 0.1) is 17.4 Å². The predicted octanol–water partition coefficient (Wildman–Crippen LogP) is 1.78. The third-order valence-corrected chi connectivity index (χ3v) is 1.79. The molecule has 0 aliphatic rings. The molecule has 0 radical (unpaired) electrons. The Hall–Kier alpha value is -1.84. The number of H-pyrrole nitrogens is 1. The van der Waals surface area contributed by atoms with Crippen LogP contribution in [0.25, 0.3) is 11.0 Å². The lowest BCUT2D eigenvalue weighted by Crippen LogP contribution is -2.07. The highest BCUT2D eigenvalue weighted by Gasteiger charge is 1.98. The van der Waals surface area contributed by atoms with Gasteiger partial charge in [-0.25, -0.2) is 9.98 Å². The summed E-state index contributed by atoms with van der Waals surface area (Å²) in [6.07, 6.45) is 1.72. The van der Waals surface area contributed by atoms with Crippen molar-refractivity contribution < 1.29 is 0 Å². The molecular weight excluding hydrogens is 176 g/mol. The van der Waals surface area contributed by atoms with Crippen molar-refractivity contribution in [2.24, 2.45) is 4.99 Å². The molecule has 0 aliphatic heterocycles. The largest absolute Gasteiger partial charge is 0.369 e. The van der Waals surface area contributed by atoms with Gasteiger partial charge in [-0.05, 0) is 12.1 Å². The van der Waals surface area contributed by atoms with Gasteiger partial charge in [0.25, 0.3) is 0 Å². The molecule has 0 amide bonds. The van der Waals surface area contributed by atoms with Gasteiger partial charge in [-0.1, -0.05) is 12.1 Å². The van der Waals surface area contributed by atoms with Crippen LogP contribution in [-0.2, 0) is 0 Å². The molecule has 72 valence electrons. The fourth-order valence-electron chi connectivity index (χ4n) is 1.17. The van der Waals surface area contributed by atoms with Crippen LogP contribution < -0.4 is 0 Å². The maximum atomic E-state index is 4.30. The second-order valence-electron chi connectivity index (χ2n) is 3.29. The maximum Gasteiger partial charge on any atom is 0.229 e. The van der Waals surface area contributed by atoms with E-state index in [1.807, 2.05) is 43.3 Å². The van der Waals surface area contributed by atoms with Gasteiger partial charge >= 0.3 is 0 Å². The summed E-state index contributed by atoms with van der Waals surface area (Å²) >= 11 is 0. The summed E-state index contributed by atoms with van der Waals surface area (Å²) in [4.78, 5) is 13.5. The molecule has 14 heavy (non-hydrogen) atoms. The van der Waals surface area contributed by atoms with E-state index in [0.29, 0.717) is 5.95 Å². The SMILES string of the molecule is CN(C)/C=N\c1nc2ccccc2[nH]1. The Bertz CT molecular complexity index is 423. The van der Waals surface area contributed by atoms with Gasteiger partial charge in [0, 0.05) is 14.1 Å². The van der Waals surface area contributed by atoms with Gasteiger partial charge in [0.1, 0.15) is 0 Å². The smallest absolute Gasteiger partial charge is 0.229 e. The number of hydrogen-bond acceptors (Lipinski definition) is 2. The molecule has 1 aromatic carbocycles. The number of rotatable bonds is 2. The minimum Gasteiger partial charge on any atom is -0.369 e. The standard InChI is InChI=1S/C10H12N4/c1-14(2)7-11-10-12-8-5-3-4-6-9(8)13-10/h3-7H,1-2H3,(H,12,13)/b11-7-. The topological polar surface area (TPSA) is 44.3 Å². The number of benzene rings is 1. The molecule has 1 N–H and O–H groups in total. The normalized spacial score (nSPS) is 11.3. The predicted molar refractivity (Wildman–Crippen MR) is 57.9 cm³/mol. The van der Waals surface area contributed by atoms with E-state index in [1.54, 1.807) is 6.34 Å². The average molecular weight is 188 g/mol. The Balaban J connectivity index is 2.36. The molecule has 0 saturated carbocycles. The van der Waals surface area contributed by atoms with Gasteiger partial charge < -0.3 is 9.88 Å². The maximum absolute atomic E-state index is 4.30. The second-order valence-corrected chi connectivity index (χ2v) is 3.29. The fraction of sp³-hybridized carbons (Fsp3) is 0.200. The molecule has 0 saturated heterocycles. The van der Waals surface area contributed by atoms with E-state index in [2.05, 4.69) is 15.0 Å². The van der Waals surface area contributed by atoms with E-state index >= 15 is 0 Å². The van der Waals surface area contributed by atoms with Crippen LogP contribution in [0.15, 0.2) is 29.3 Å². The number of nitrogens with zero attached hydrogens (tertiary/aromatic N) is 3. The van der Waals surface area contributed by atoms with Crippen LogP contribution in [0.5, 0.6) is 0 Å². The van der Waals surface area contributed by atoms with E-state index in [4.69, 9.17) is 0 Å². The Morgan fingerprint density at radius 3 is 2.86 bits per heavy atom. The van der Waals surface area contributed by atoms with Crippen molar-refractivity contribution in [3.8, 4) is 0 Å². The van der Waals surface area contributed by atoms with Crippen LogP contribution in [0.4, 0.5) is 5.95 Å². The van der Waals surface area contributed by atoms with Gasteiger partial charge in [0.2, 0.25) is 5.95 Å². The Kier molecular flexibility index (Phi) is 2.18. The minimum absolute atomic E-state index is 0.639. The molecule has 4 nitrogen and oxygen atoms in total. The molecule has 0 fully saturated rings. The summed E-state index contributed by atoms with van der Waals surface area (Å²) in [5.74, 6) is 0.639. The molecular formula is C10H12N4. The summed E-state index contributed by atoms with van der Waals surface area (Å²) in [6, 6.07) is 7.88. The summed E-state index contributed by atoms with van der Waals surface area (Å²) < 4.78 is 0. The molecule has 1 heterocycles. The molecule has 0 spiro atoms. The number of hydrogen-bond donors (Lipinski definition) is 1. The quantitative estimate of drug-likeness (QED) is 0.576. The van der Waals surface area contributed by atoms with Crippen LogP contribution in [0, 0.1) is 0 Å². The van der Waals surface area contributed by atoms with Crippen LogP contribution in [-0.4, -0.2) is 35.3 Å². The monoisotopic (exact) mass is 188 g/mol. The second kappa shape index (κ2) is 3.49. The van der Waals surface area contributed by atoms with Crippen molar-refractivity contribution in [3.63, 3.8) is 0 Å². The zero-order chi connectivity index (χ0) is 9.97. The first-order chi connectivity index (χ1) is 6.75. The Morgan fingerprint density at radius 1 is 1.36 bits per heavy atom. The van der Waals surface area contributed by atoms with E-state index < -0.39 is 0 Å². The Morgan fingerprint density at radius 2 is 2.14 bits per heavy atom. The van der Waals surface area contributed by atoms with Crippen LogP contribution in [0.3, 0.4) is 0 Å². The molecule has 0 aliphatic carbocycles. The van der Waals surface area contributed by atoms with E-state index in [9.17, 15) is 0 Å². The zero-order valence-corrected chi connectivity index (χ0v) is 8.23. The number of imidazole rings is 1. The lowest BCUT2D eigenvalue weighted by Gasteiger charge is -1.99. The minimum atomic E-state index is 0.639. The molecule has 4 heteroatoms. The first-order valence-electron chi connectivity index (χ1n) is 4.41. The van der Waals surface area contributed by atoms with Crippen molar-refractivity contribution >= 4 is 23.3 Å². The van der Waals surface area contributed by atoms with Gasteiger partial charge in [-0.15, -0.1) is 0 Å². The van der Waals surface area contributed by atoms with E-state index in [0.717, 1.165) is 11.0 Å². The zero-order valence-electron chi connectivity index (χ0n) is 8.23. The lowest BCUT2D eigenvalue weighted by molar-refractivity contribution is 0.642. The highest BCUT2D eigenvalue weighted by atomic mass is 15.1. The van der Waals surface area contributed by atoms with Crippen LogP contribution in [0.1, 0.15) is 0 Å². The van der Waals surface area contributed by atoms with E-state index in [-0.39, 0.29) is 0 Å². The Labute approximate surface area is 82.3 Å². The van der Waals surface area contributed by atoms with Crippen LogP contribution in [0.2, 0.25) is 0 Å². The summed E-state index contributed by atoms with van der Waals surface area (Å²) in [5, 5.41) is 0. The van der Waals surface area contributed by atoms with Crippen molar-refractivity contribution in [1.82, 2.24) is 14.9 Å². The van der Waals surface area contributed by atoms with Crippen molar-refractivity contribution in [3.05, 3.63) is 24.3 Å². The number of nitrogens with one attached hydrogen (secondary N) is 1. The third-order valence-electron chi connectivity index (χ3n) is 1.79. The number of aromatic nitrogens is 2. The fourth-order valence-corrected chi connectivity index (χ4v) is 1.17. The number of aliphatic imine (C=N–C) groups is 1. The average Bonchev–Trinajstić information content (AvgIpc) is 2.57. The van der Waals surface area contributed by atoms with Crippen molar-refractivity contribution in [1.29, 1.82) is 0 Å². The van der Waals surface area contributed by atoms with Gasteiger partial charge in [0.15, 0.2) is 0 Å². The number of para-hydroxylation sites is 2. The molecule has 2 aromatic rings. The first-order valence-corrected chi connectivity index (χ1v) is 4.41. The highest BCUT2D eigenvalue weighted by molar-refractivity contribution is 5.77. The van der Waals surface area contributed by atoms with Crippen molar-refractivity contribution in [2.75, 3.05) is 14.1 Å². The van der Waals surface area contributed by atoms with E-state index in [1.165, 1.54) is 0 Å². The summed E-state index contributed by atoms with van der Waals surface area (Å²) in [5.41, 5.74) is 1.96. The highest BCUT2D eigenvalue weighted by Crippen LogP contribution is 2.14. The van der Waals surface area contributed by atoms with Gasteiger partial charge in [-0.3, -0.25) is 0 Å². The number of fused-ring (bicyclic) bond motifs is 1. The molecule has 0 bridgehead atoms. The summed E-state index contributed by atoms with van der Waals surface area (Å²) in [7, 11) is 3.85. The number of aromatic amines is 1. The first kappa shape index (κ1) is 8.74. The molecule has 0 atom stereocenters. The van der Waals surface area contributed by atoms with Crippen molar-refractivity contribution in [2.45, 2.75) is 0 Å². The van der Waals surface area contributed by atoms with Crippen LogP contribution >= 0.6 is 0 Å².